The zero-order chi connectivity index (χ0) is 17.5. The van der Waals surface area contributed by atoms with E-state index < -0.39 is 6.04 Å². The third kappa shape index (κ3) is 5.66. The Morgan fingerprint density at radius 2 is 1.96 bits per heavy atom. The van der Waals surface area contributed by atoms with Gasteiger partial charge in [-0.2, -0.15) is 0 Å². The second-order valence-corrected chi connectivity index (χ2v) is 7.87. The molecule has 1 aromatic carbocycles. The highest BCUT2D eigenvalue weighted by Gasteiger charge is 2.21. The van der Waals surface area contributed by atoms with E-state index in [9.17, 15) is 4.79 Å². The Kier molecular flexibility index (Phi) is 6.62. The van der Waals surface area contributed by atoms with Gasteiger partial charge in [0.15, 0.2) is 0 Å². The summed E-state index contributed by atoms with van der Waals surface area (Å²) in [5.74, 6) is 0.525. The molecule has 5 heteroatoms. The molecule has 25 heavy (non-hydrogen) atoms. The molecule has 0 unspecified atom stereocenters. The number of hydrogen-bond donors (Lipinski definition) is 2. The molecule has 1 aliphatic rings. The van der Waals surface area contributed by atoms with Crippen molar-refractivity contribution >= 4 is 17.2 Å². The lowest BCUT2D eigenvalue weighted by molar-refractivity contribution is -0.122. The SMILES string of the molecule is N[C@H](Cc1ccccc1)C(=O)NCC1CCN(Cc2cccs2)CC1. The van der Waals surface area contributed by atoms with Crippen LogP contribution in [0.5, 0.6) is 0 Å². The van der Waals surface area contributed by atoms with Crippen molar-refractivity contribution in [1.82, 2.24) is 10.2 Å². The van der Waals surface area contributed by atoms with Crippen LogP contribution in [0.25, 0.3) is 0 Å². The molecule has 0 radical (unpaired) electrons. The quantitative estimate of drug-likeness (QED) is 0.801. The summed E-state index contributed by atoms with van der Waals surface area (Å²) in [5, 5.41) is 5.19. The molecule has 2 aromatic rings. The minimum atomic E-state index is -0.471. The van der Waals surface area contributed by atoms with Crippen LogP contribution in [0.15, 0.2) is 47.8 Å². The lowest BCUT2D eigenvalue weighted by Gasteiger charge is -2.31. The Bertz CT molecular complexity index is 636. The van der Waals surface area contributed by atoms with Crippen LogP contribution in [-0.2, 0) is 17.8 Å². The molecule has 1 atom stereocenters. The number of thiophene rings is 1. The monoisotopic (exact) mass is 357 g/mol. The maximum Gasteiger partial charge on any atom is 0.237 e. The van der Waals surface area contributed by atoms with Gasteiger partial charge in [0.25, 0.3) is 0 Å². The summed E-state index contributed by atoms with van der Waals surface area (Å²) in [5.41, 5.74) is 7.15. The van der Waals surface area contributed by atoms with Crippen LogP contribution in [0, 0.1) is 5.92 Å². The first-order valence-electron chi connectivity index (χ1n) is 9.02. The summed E-state index contributed by atoms with van der Waals surface area (Å²) in [6.07, 6.45) is 2.87. The molecule has 1 aliphatic heterocycles. The Hall–Kier alpha value is -1.69. The molecule has 0 spiro atoms. The lowest BCUT2D eigenvalue weighted by atomic mass is 9.96. The van der Waals surface area contributed by atoms with Crippen molar-refractivity contribution in [3.63, 3.8) is 0 Å². The number of carbonyl (C=O) groups is 1. The third-order valence-electron chi connectivity index (χ3n) is 4.87. The molecule has 0 saturated carbocycles. The number of likely N-dealkylation sites (tertiary alicyclic amines) is 1. The molecule has 0 bridgehead atoms. The summed E-state index contributed by atoms with van der Waals surface area (Å²) >= 11 is 1.82. The molecule has 3 rings (SSSR count). The zero-order valence-electron chi connectivity index (χ0n) is 14.6. The standard InChI is InChI=1S/C20H27N3OS/c21-19(13-16-5-2-1-3-6-16)20(24)22-14-17-8-10-23(11-9-17)15-18-7-4-12-25-18/h1-7,12,17,19H,8-11,13-15,21H2,(H,22,24)/t19-/m1/s1. The van der Waals surface area contributed by atoms with E-state index in [0.29, 0.717) is 12.3 Å². The van der Waals surface area contributed by atoms with Crippen molar-refractivity contribution < 1.29 is 4.79 Å². The number of amides is 1. The number of nitrogens with two attached hydrogens (primary N) is 1. The fourth-order valence-electron chi connectivity index (χ4n) is 3.31. The van der Waals surface area contributed by atoms with Gasteiger partial charge < -0.3 is 11.1 Å². The first kappa shape index (κ1) is 18.1. The Morgan fingerprint density at radius 3 is 2.64 bits per heavy atom. The zero-order valence-corrected chi connectivity index (χ0v) is 15.4. The van der Waals surface area contributed by atoms with E-state index in [1.807, 2.05) is 41.7 Å². The van der Waals surface area contributed by atoms with Gasteiger partial charge in [-0.1, -0.05) is 36.4 Å². The number of nitrogens with zero attached hydrogens (tertiary/aromatic N) is 1. The summed E-state index contributed by atoms with van der Waals surface area (Å²) in [6, 6.07) is 13.8. The van der Waals surface area contributed by atoms with Crippen LogP contribution in [-0.4, -0.2) is 36.5 Å². The van der Waals surface area contributed by atoms with Gasteiger partial charge in [0, 0.05) is 18.0 Å². The number of piperidine rings is 1. The number of rotatable bonds is 7. The number of nitrogens with one attached hydrogen (secondary N) is 1. The van der Waals surface area contributed by atoms with Gasteiger partial charge in [-0.15, -0.1) is 11.3 Å². The van der Waals surface area contributed by atoms with Gasteiger partial charge in [0.1, 0.15) is 0 Å². The van der Waals surface area contributed by atoms with E-state index in [4.69, 9.17) is 5.73 Å². The first-order valence-corrected chi connectivity index (χ1v) is 9.90. The van der Waals surface area contributed by atoms with Gasteiger partial charge in [-0.05, 0) is 55.3 Å². The van der Waals surface area contributed by atoms with E-state index in [0.717, 1.165) is 44.6 Å². The summed E-state index contributed by atoms with van der Waals surface area (Å²) < 4.78 is 0. The van der Waals surface area contributed by atoms with Gasteiger partial charge in [0.2, 0.25) is 5.91 Å². The molecule has 0 aliphatic carbocycles. The van der Waals surface area contributed by atoms with Crippen molar-refractivity contribution in [2.75, 3.05) is 19.6 Å². The van der Waals surface area contributed by atoms with Gasteiger partial charge in [-0.3, -0.25) is 9.69 Å². The smallest absolute Gasteiger partial charge is 0.237 e. The molecule has 4 nitrogen and oxygen atoms in total. The predicted octanol–water partition coefficient (Wildman–Crippen LogP) is 2.65. The fraction of sp³-hybridized carbons (Fsp3) is 0.450. The number of benzene rings is 1. The van der Waals surface area contributed by atoms with Gasteiger partial charge in [-0.25, -0.2) is 0 Å². The van der Waals surface area contributed by atoms with Crippen molar-refractivity contribution in [3.8, 4) is 0 Å². The molecule has 3 N–H and O–H groups in total. The first-order chi connectivity index (χ1) is 12.2. The van der Waals surface area contributed by atoms with Crippen molar-refractivity contribution in [1.29, 1.82) is 0 Å². The topological polar surface area (TPSA) is 58.4 Å². The molecule has 134 valence electrons. The molecule has 1 saturated heterocycles. The van der Waals surface area contributed by atoms with Crippen molar-refractivity contribution in [2.45, 2.75) is 31.8 Å². The minimum absolute atomic E-state index is 0.0372. The minimum Gasteiger partial charge on any atom is -0.354 e. The summed E-state index contributed by atoms with van der Waals surface area (Å²) in [7, 11) is 0. The van der Waals surface area contributed by atoms with Crippen molar-refractivity contribution in [2.24, 2.45) is 11.7 Å². The highest BCUT2D eigenvalue weighted by molar-refractivity contribution is 7.09. The van der Waals surface area contributed by atoms with E-state index >= 15 is 0 Å². The predicted molar refractivity (Wildman–Crippen MR) is 103 cm³/mol. The van der Waals surface area contributed by atoms with Crippen molar-refractivity contribution in [3.05, 3.63) is 58.3 Å². The molecule has 1 amide bonds. The Balaban J connectivity index is 1.35. The van der Waals surface area contributed by atoms with Crippen LogP contribution in [0.4, 0.5) is 0 Å². The molecule has 2 heterocycles. The maximum atomic E-state index is 12.2. The highest BCUT2D eigenvalue weighted by Crippen LogP contribution is 2.20. The molecule has 1 fully saturated rings. The second kappa shape index (κ2) is 9.13. The number of carbonyl (C=O) groups excluding carboxylic acids is 1. The molecular formula is C20H27N3OS. The maximum absolute atomic E-state index is 12.2. The van der Waals surface area contributed by atoms with E-state index in [2.05, 4.69) is 27.7 Å². The van der Waals surface area contributed by atoms with E-state index in [1.165, 1.54) is 4.88 Å². The number of hydrogen-bond acceptors (Lipinski definition) is 4. The van der Waals surface area contributed by atoms with E-state index in [1.54, 1.807) is 0 Å². The summed E-state index contributed by atoms with van der Waals surface area (Å²) in [6.45, 7) is 4.01. The van der Waals surface area contributed by atoms with E-state index in [-0.39, 0.29) is 5.91 Å². The van der Waals surface area contributed by atoms with Gasteiger partial charge >= 0.3 is 0 Å². The van der Waals surface area contributed by atoms with Crippen LogP contribution in [0.1, 0.15) is 23.3 Å². The Labute approximate surface area is 154 Å². The average Bonchev–Trinajstić information content (AvgIpc) is 3.14. The fourth-order valence-corrected chi connectivity index (χ4v) is 4.05. The Morgan fingerprint density at radius 1 is 1.20 bits per heavy atom. The van der Waals surface area contributed by atoms with Gasteiger partial charge in [0.05, 0.1) is 6.04 Å². The highest BCUT2D eigenvalue weighted by atomic mass is 32.1. The largest absolute Gasteiger partial charge is 0.354 e. The molecule has 1 aromatic heterocycles. The third-order valence-corrected chi connectivity index (χ3v) is 5.73. The molecular weight excluding hydrogens is 330 g/mol. The second-order valence-electron chi connectivity index (χ2n) is 6.84. The lowest BCUT2D eigenvalue weighted by Crippen LogP contribution is -2.45. The van der Waals surface area contributed by atoms with Crippen LogP contribution >= 0.6 is 11.3 Å². The normalized spacial score (nSPS) is 17.3. The van der Waals surface area contributed by atoms with Crippen LogP contribution in [0.3, 0.4) is 0 Å². The van der Waals surface area contributed by atoms with Crippen LogP contribution < -0.4 is 11.1 Å². The van der Waals surface area contributed by atoms with Crippen LogP contribution in [0.2, 0.25) is 0 Å². The average molecular weight is 358 g/mol. The summed E-state index contributed by atoms with van der Waals surface area (Å²) in [4.78, 5) is 16.2.